The Morgan fingerprint density at radius 1 is 0.962 bits per heavy atom. The topological polar surface area (TPSA) is 50.7 Å². The summed E-state index contributed by atoms with van der Waals surface area (Å²) < 4.78 is 5.73. The Morgan fingerprint density at radius 3 is 2.35 bits per heavy atom. The molecule has 3 aromatic carbocycles. The van der Waals surface area contributed by atoms with Gasteiger partial charge in [0.2, 0.25) is 0 Å². The monoisotopic (exact) mass is 364 g/mol. The third-order valence-corrected chi connectivity index (χ3v) is 3.87. The molecule has 1 N–H and O–H groups in total. The highest BCUT2D eigenvalue weighted by Gasteiger charge is 2.01. The summed E-state index contributed by atoms with van der Waals surface area (Å²) in [6.07, 6.45) is 1.59. The molecule has 0 atom stereocenters. The van der Waals surface area contributed by atoms with E-state index < -0.39 is 0 Å². The zero-order valence-electron chi connectivity index (χ0n) is 13.9. The third-order valence-electron chi connectivity index (χ3n) is 3.61. The molecule has 0 heterocycles. The minimum absolute atomic E-state index is 0.246. The Balaban J connectivity index is 1.51. The van der Waals surface area contributed by atoms with E-state index >= 15 is 0 Å². The van der Waals surface area contributed by atoms with Gasteiger partial charge in [0.25, 0.3) is 5.91 Å². The fourth-order valence-electron chi connectivity index (χ4n) is 2.22. The van der Waals surface area contributed by atoms with Crippen LogP contribution in [0, 0.1) is 0 Å². The van der Waals surface area contributed by atoms with Crippen molar-refractivity contribution in [3.05, 3.63) is 101 Å². The molecule has 0 fully saturated rings. The van der Waals surface area contributed by atoms with Gasteiger partial charge in [0.1, 0.15) is 12.4 Å². The lowest BCUT2D eigenvalue weighted by Gasteiger charge is -2.06. The number of hydrogen-bond acceptors (Lipinski definition) is 3. The van der Waals surface area contributed by atoms with Gasteiger partial charge in [0.15, 0.2) is 0 Å². The molecule has 26 heavy (non-hydrogen) atoms. The number of hydrogen-bond donors (Lipinski definition) is 1. The molecule has 0 aliphatic rings. The van der Waals surface area contributed by atoms with Crippen molar-refractivity contribution < 1.29 is 9.53 Å². The molecule has 3 aromatic rings. The van der Waals surface area contributed by atoms with E-state index in [1.54, 1.807) is 30.5 Å². The Labute approximate surface area is 157 Å². The van der Waals surface area contributed by atoms with Gasteiger partial charge < -0.3 is 4.74 Å². The molecule has 0 unspecified atom stereocenters. The van der Waals surface area contributed by atoms with Crippen LogP contribution in [0.25, 0.3) is 0 Å². The molecule has 0 aliphatic heterocycles. The molecule has 1 amide bonds. The number of halogens is 1. The van der Waals surface area contributed by atoms with Gasteiger partial charge >= 0.3 is 0 Å². The lowest BCUT2D eigenvalue weighted by molar-refractivity contribution is 0.0955. The molecule has 5 heteroatoms. The number of carbonyl (C=O) groups is 1. The van der Waals surface area contributed by atoms with Crippen LogP contribution in [-0.2, 0) is 6.61 Å². The van der Waals surface area contributed by atoms with Gasteiger partial charge in [0.05, 0.1) is 6.21 Å². The second kappa shape index (κ2) is 8.83. The Kier molecular flexibility index (Phi) is 6.01. The van der Waals surface area contributed by atoms with Crippen LogP contribution in [0.3, 0.4) is 0 Å². The van der Waals surface area contributed by atoms with Crippen LogP contribution in [0.1, 0.15) is 21.5 Å². The number of rotatable bonds is 6. The van der Waals surface area contributed by atoms with Gasteiger partial charge in [-0.15, -0.1) is 0 Å². The van der Waals surface area contributed by atoms with Crippen molar-refractivity contribution in [2.75, 3.05) is 0 Å². The Bertz CT molecular complexity index is 876. The minimum atomic E-state index is -0.246. The van der Waals surface area contributed by atoms with E-state index in [1.807, 2.05) is 54.6 Å². The van der Waals surface area contributed by atoms with Gasteiger partial charge in [-0.1, -0.05) is 41.9 Å². The van der Waals surface area contributed by atoms with Crippen LogP contribution in [0.15, 0.2) is 84.0 Å². The highest BCUT2D eigenvalue weighted by molar-refractivity contribution is 6.30. The normalized spacial score (nSPS) is 10.7. The van der Waals surface area contributed by atoms with Crippen molar-refractivity contribution in [1.29, 1.82) is 0 Å². The van der Waals surface area contributed by atoms with Crippen molar-refractivity contribution >= 4 is 23.7 Å². The summed E-state index contributed by atoms with van der Waals surface area (Å²) in [6, 6.07) is 23.9. The summed E-state index contributed by atoms with van der Waals surface area (Å²) in [7, 11) is 0. The standard InChI is InChI=1S/C21H17ClN2O2/c22-19-10-6-17(7-11-19)15-26-20-12-8-16(9-13-20)14-23-24-21(25)18-4-2-1-3-5-18/h1-14H,15H2,(H,24,25)/b23-14+. The van der Waals surface area contributed by atoms with E-state index in [0.29, 0.717) is 17.2 Å². The lowest BCUT2D eigenvalue weighted by atomic mass is 10.2. The summed E-state index contributed by atoms with van der Waals surface area (Å²) in [5, 5.41) is 4.68. The average Bonchev–Trinajstić information content (AvgIpc) is 2.69. The molecule has 0 spiro atoms. The van der Waals surface area contributed by atoms with Crippen LogP contribution in [0.2, 0.25) is 5.02 Å². The molecular weight excluding hydrogens is 348 g/mol. The van der Waals surface area contributed by atoms with E-state index in [2.05, 4.69) is 10.5 Å². The van der Waals surface area contributed by atoms with E-state index in [-0.39, 0.29) is 5.91 Å². The number of benzene rings is 3. The highest BCUT2D eigenvalue weighted by atomic mass is 35.5. The first kappa shape index (κ1) is 17.7. The number of hydrazone groups is 1. The molecule has 0 bridgehead atoms. The molecule has 0 saturated carbocycles. The van der Waals surface area contributed by atoms with Crippen LogP contribution in [-0.4, -0.2) is 12.1 Å². The SMILES string of the molecule is O=C(N/N=C/c1ccc(OCc2ccc(Cl)cc2)cc1)c1ccccc1. The quantitative estimate of drug-likeness (QED) is 0.510. The second-order valence-electron chi connectivity index (χ2n) is 5.55. The van der Waals surface area contributed by atoms with Crippen LogP contribution in [0.5, 0.6) is 5.75 Å². The zero-order valence-corrected chi connectivity index (χ0v) is 14.7. The number of ether oxygens (including phenoxy) is 1. The summed E-state index contributed by atoms with van der Waals surface area (Å²) in [5.74, 6) is 0.509. The van der Waals surface area contributed by atoms with Crippen LogP contribution >= 0.6 is 11.6 Å². The number of nitrogens with one attached hydrogen (secondary N) is 1. The summed E-state index contributed by atoms with van der Waals surface area (Å²) in [5.41, 5.74) is 4.97. The predicted octanol–water partition coefficient (Wildman–Crippen LogP) is 4.68. The van der Waals surface area contributed by atoms with E-state index in [0.717, 1.165) is 16.9 Å². The molecule has 0 saturated heterocycles. The summed E-state index contributed by atoms with van der Waals surface area (Å²) >= 11 is 5.86. The first-order valence-electron chi connectivity index (χ1n) is 8.06. The lowest BCUT2D eigenvalue weighted by Crippen LogP contribution is -2.17. The van der Waals surface area contributed by atoms with Crippen molar-refractivity contribution in [3.8, 4) is 5.75 Å². The maximum atomic E-state index is 11.9. The smallest absolute Gasteiger partial charge is 0.271 e. The molecular formula is C21H17ClN2O2. The van der Waals surface area contributed by atoms with Gasteiger partial charge in [-0.05, 0) is 59.7 Å². The highest BCUT2D eigenvalue weighted by Crippen LogP contribution is 2.15. The Morgan fingerprint density at radius 2 is 1.65 bits per heavy atom. The zero-order chi connectivity index (χ0) is 18.2. The first-order chi connectivity index (χ1) is 12.7. The van der Waals surface area contributed by atoms with Gasteiger partial charge in [-0.3, -0.25) is 4.79 Å². The third kappa shape index (κ3) is 5.19. The summed E-state index contributed by atoms with van der Waals surface area (Å²) in [6.45, 7) is 0.470. The van der Waals surface area contributed by atoms with E-state index in [9.17, 15) is 4.79 Å². The van der Waals surface area contributed by atoms with Gasteiger partial charge in [-0.25, -0.2) is 5.43 Å². The van der Waals surface area contributed by atoms with Crippen LogP contribution < -0.4 is 10.2 Å². The number of nitrogens with zero attached hydrogens (tertiary/aromatic N) is 1. The van der Waals surface area contributed by atoms with Crippen molar-refractivity contribution in [3.63, 3.8) is 0 Å². The maximum absolute atomic E-state index is 11.9. The molecule has 130 valence electrons. The van der Waals surface area contributed by atoms with Crippen molar-refractivity contribution in [1.82, 2.24) is 5.43 Å². The molecule has 0 aromatic heterocycles. The average molecular weight is 365 g/mol. The second-order valence-corrected chi connectivity index (χ2v) is 5.99. The van der Waals surface area contributed by atoms with Crippen molar-refractivity contribution in [2.45, 2.75) is 6.61 Å². The van der Waals surface area contributed by atoms with E-state index in [4.69, 9.17) is 16.3 Å². The van der Waals surface area contributed by atoms with Gasteiger partial charge in [-0.2, -0.15) is 5.10 Å². The number of carbonyl (C=O) groups excluding carboxylic acids is 1. The molecule has 4 nitrogen and oxygen atoms in total. The van der Waals surface area contributed by atoms with E-state index in [1.165, 1.54) is 0 Å². The largest absolute Gasteiger partial charge is 0.489 e. The predicted molar refractivity (Wildman–Crippen MR) is 104 cm³/mol. The number of amides is 1. The molecule has 0 aliphatic carbocycles. The summed E-state index contributed by atoms with van der Waals surface area (Å²) in [4.78, 5) is 11.9. The fourth-order valence-corrected chi connectivity index (χ4v) is 2.34. The Hall–Kier alpha value is -3.11. The molecule has 3 rings (SSSR count). The molecule has 0 radical (unpaired) electrons. The van der Waals surface area contributed by atoms with Gasteiger partial charge in [0, 0.05) is 10.6 Å². The minimum Gasteiger partial charge on any atom is -0.489 e. The maximum Gasteiger partial charge on any atom is 0.271 e. The first-order valence-corrected chi connectivity index (χ1v) is 8.44. The van der Waals surface area contributed by atoms with Crippen molar-refractivity contribution in [2.24, 2.45) is 5.10 Å². The fraction of sp³-hybridized carbons (Fsp3) is 0.0476. The van der Waals surface area contributed by atoms with Crippen LogP contribution in [0.4, 0.5) is 0 Å².